The Hall–Kier alpha value is -0.600. The molecule has 0 spiro atoms. The van der Waals surface area contributed by atoms with Gasteiger partial charge in [0.2, 0.25) is 0 Å². The summed E-state index contributed by atoms with van der Waals surface area (Å²) in [7, 11) is -1.56. The number of thioether (sulfide) groups is 1. The Labute approximate surface area is 130 Å². The standard InChI is InChI=1S/C14H22O5S2/c1-11(8-18-2)19-9-12(15)10-20-13-4-6-14(7-5-13)21(3,16)17/h4-7,11-12,15H,8-10H2,1-3H3. The predicted octanol–water partition coefficient (Wildman–Crippen LogP) is 1.59. The van der Waals surface area contributed by atoms with Crippen molar-refractivity contribution in [3.8, 4) is 0 Å². The van der Waals surface area contributed by atoms with Crippen LogP contribution in [0, 0.1) is 0 Å². The molecule has 0 radical (unpaired) electrons. The van der Waals surface area contributed by atoms with Crippen LogP contribution in [-0.2, 0) is 19.3 Å². The molecule has 1 N–H and O–H groups in total. The normalized spacial score (nSPS) is 14.9. The number of rotatable bonds is 9. The fourth-order valence-corrected chi connectivity index (χ4v) is 3.02. The van der Waals surface area contributed by atoms with Gasteiger partial charge in [0.15, 0.2) is 9.84 Å². The molecule has 5 nitrogen and oxygen atoms in total. The molecule has 21 heavy (non-hydrogen) atoms. The second kappa shape index (κ2) is 8.75. The minimum absolute atomic E-state index is 0.0521. The molecule has 0 aliphatic rings. The van der Waals surface area contributed by atoms with Crippen molar-refractivity contribution in [2.24, 2.45) is 0 Å². The van der Waals surface area contributed by atoms with E-state index < -0.39 is 15.9 Å². The van der Waals surface area contributed by atoms with Gasteiger partial charge in [0, 0.05) is 24.0 Å². The Kier molecular flexibility index (Phi) is 7.69. The van der Waals surface area contributed by atoms with Gasteiger partial charge in [0.1, 0.15) is 0 Å². The highest BCUT2D eigenvalue weighted by atomic mass is 32.2. The molecule has 0 fully saturated rings. The van der Waals surface area contributed by atoms with Crippen LogP contribution in [0.15, 0.2) is 34.1 Å². The van der Waals surface area contributed by atoms with Gasteiger partial charge in [-0.05, 0) is 31.2 Å². The summed E-state index contributed by atoms with van der Waals surface area (Å²) in [5.74, 6) is 0.484. The van der Waals surface area contributed by atoms with Gasteiger partial charge in [-0.3, -0.25) is 0 Å². The Bertz CT molecular complexity index is 513. The van der Waals surface area contributed by atoms with Crippen molar-refractivity contribution in [1.29, 1.82) is 0 Å². The van der Waals surface area contributed by atoms with Crippen molar-refractivity contribution >= 4 is 21.6 Å². The molecule has 0 aromatic heterocycles. The summed E-state index contributed by atoms with van der Waals surface area (Å²) in [6.45, 7) is 2.62. The van der Waals surface area contributed by atoms with Gasteiger partial charge in [-0.2, -0.15) is 0 Å². The molecular weight excluding hydrogens is 312 g/mol. The van der Waals surface area contributed by atoms with Crippen LogP contribution in [0.3, 0.4) is 0 Å². The van der Waals surface area contributed by atoms with E-state index in [1.54, 1.807) is 31.4 Å². The first-order valence-electron chi connectivity index (χ1n) is 6.54. The highest BCUT2D eigenvalue weighted by Gasteiger charge is 2.10. The molecule has 0 aliphatic carbocycles. The minimum atomic E-state index is -3.16. The van der Waals surface area contributed by atoms with Crippen LogP contribution in [-0.4, -0.2) is 58.1 Å². The number of benzene rings is 1. The molecular formula is C14H22O5S2. The second-order valence-corrected chi connectivity index (χ2v) is 7.92. The van der Waals surface area contributed by atoms with E-state index in [0.717, 1.165) is 4.90 Å². The number of aliphatic hydroxyl groups is 1. The fourth-order valence-electron chi connectivity index (χ4n) is 1.58. The van der Waals surface area contributed by atoms with E-state index in [1.165, 1.54) is 18.0 Å². The third-order valence-corrected chi connectivity index (χ3v) is 4.95. The minimum Gasteiger partial charge on any atom is -0.390 e. The van der Waals surface area contributed by atoms with Crippen LogP contribution in [0.5, 0.6) is 0 Å². The van der Waals surface area contributed by atoms with Crippen LogP contribution in [0.4, 0.5) is 0 Å². The average Bonchev–Trinajstić information content (AvgIpc) is 2.43. The van der Waals surface area contributed by atoms with Gasteiger partial charge in [0.25, 0.3) is 0 Å². The van der Waals surface area contributed by atoms with Gasteiger partial charge >= 0.3 is 0 Å². The van der Waals surface area contributed by atoms with Gasteiger partial charge in [-0.1, -0.05) is 0 Å². The molecule has 1 aromatic rings. The van der Waals surface area contributed by atoms with E-state index in [-0.39, 0.29) is 12.7 Å². The molecule has 2 atom stereocenters. The Morgan fingerprint density at radius 1 is 1.24 bits per heavy atom. The lowest BCUT2D eigenvalue weighted by Gasteiger charge is -2.15. The van der Waals surface area contributed by atoms with Crippen molar-refractivity contribution in [2.75, 3.05) is 32.3 Å². The van der Waals surface area contributed by atoms with Gasteiger partial charge in [0.05, 0.1) is 30.3 Å². The quantitative estimate of drug-likeness (QED) is 0.692. The zero-order chi connectivity index (χ0) is 15.9. The Balaban J connectivity index is 2.38. The largest absolute Gasteiger partial charge is 0.390 e. The summed E-state index contributed by atoms with van der Waals surface area (Å²) in [4.78, 5) is 1.20. The summed E-state index contributed by atoms with van der Waals surface area (Å²) >= 11 is 1.46. The zero-order valence-corrected chi connectivity index (χ0v) is 14.1. The van der Waals surface area contributed by atoms with E-state index in [2.05, 4.69) is 0 Å². The highest BCUT2D eigenvalue weighted by Crippen LogP contribution is 2.21. The van der Waals surface area contributed by atoms with Crippen molar-refractivity contribution in [3.63, 3.8) is 0 Å². The van der Waals surface area contributed by atoms with Gasteiger partial charge in [-0.15, -0.1) is 11.8 Å². The van der Waals surface area contributed by atoms with Crippen LogP contribution in [0.25, 0.3) is 0 Å². The first-order chi connectivity index (χ1) is 9.82. The summed E-state index contributed by atoms with van der Waals surface area (Å²) in [6.07, 6.45) is 0.546. The van der Waals surface area contributed by atoms with E-state index in [9.17, 15) is 13.5 Å². The summed E-state index contributed by atoms with van der Waals surface area (Å²) in [5.41, 5.74) is 0. The first kappa shape index (κ1) is 18.4. The maximum absolute atomic E-state index is 11.3. The summed E-state index contributed by atoms with van der Waals surface area (Å²) < 4.78 is 33.0. The zero-order valence-electron chi connectivity index (χ0n) is 12.5. The van der Waals surface area contributed by atoms with Crippen molar-refractivity contribution < 1.29 is 23.0 Å². The molecule has 1 aromatic carbocycles. The molecule has 120 valence electrons. The number of ether oxygens (including phenoxy) is 2. The van der Waals surface area contributed by atoms with E-state index in [0.29, 0.717) is 17.3 Å². The van der Waals surface area contributed by atoms with E-state index >= 15 is 0 Å². The van der Waals surface area contributed by atoms with Crippen LogP contribution < -0.4 is 0 Å². The Morgan fingerprint density at radius 2 is 1.86 bits per heavy atom. The van der Waals surface area contributed by atoms with E-state index in [1.807, 2.05) is 6.92 Å². The van der Waals surface area contributed by atoms with Crippen molar-refractivity contribution in [3.05, 3.63) is 24.3 Å². The van der Waals surface area contributed by atoms with Crippen LogP contribution in [0.1, 0.15) is 6.92 Å². The summed E-state index contributed by atoms with van der Waals surface area (Å²) in [5, 5.41) is 9.83. The molecule has 7 heteroatoms. The van der Waals surface area contributed by atoms with Gasteiger partial charge in [-0.25, -0.2) is 8.42 Å². The van der Waals surface area contributed by atoms with Crippen molar-refractivity contribution in [1.82, 2.24) is 0 Å². The Morgan fingerprint density at radius 3 is 2.38 bits per heavy atom. The predicted molar refractivity (Wildman–Crippen MR) is 83.6 cm³/mol. The number of aliphatic hydroxyl groups excluding tert-OH is 1. The van der Waals surface area contributed by atoms with E-state index in [4.69, 9.17) is 9.47 Å². The second-order valence-electron chi connectivity index (χ2n) is 4.81. The topological polar surface area (TPSA) is 72.8 Å². The average molecular weight is 334 g/mol. The maximum atomic E-state index is 11.3. The van der Waals surface area contributed by atoms with Crippen LogP contribution >= 0.6 is 11.8 Å². The lowest BCUT2D eigenvalue weighted by Crippen LogP contribution is -2.24. The number of sulfone groups is 1. The molecule has 1 rings (SSSR count). The van der Waals surface area contributed by atoms with Crippen molar-refractivity contribution in [2.45, 2.75) is 28.9 Å². The molecule has 0 amide bonds. The molecule has 0 bridgehead atoms. The first-order valence-corrected chi connectivity index (χ1v) is 9.42. The fraction of sp³-hybridized carbons (Fsp3) is 0.571. The number of methoxy groups -OCH3 is 1. The SMILES string of the molecule is COCC(C)OCC(O)CSc1ccc(S(C)(=O)=O)cc1. The number of hydrogen-bond acceptors (Lipinski definition) is 6. The van der Waals surface area contributed by atoms with Gasteiger partial charge < -0.3 is 14.6 Å². The lowest BCUT2D eigenvalue weighted by atomic mass is 10.4. The molecule has 0 heterocycles. The smallest absolute Gasteiger partial charge is 0.175 e. The lowest BCUT2D eigenvalue weighted by molar-refractivity contribution is -0.0257. The molecule has 2 unspecified atom stereocenters. The summed E-state index contributed by atoms with van der Waals surface area (Å²) in [6, 6.07) is 6.62. The number of hydrogen-bond donors (Lipinski definition) is 1. The molecule has 0 aliphatic heterocycles. The van der Waals surface area contributed by atoms with Crippen LogP contribution in [0.2, 0.25) is 0 Å². The third-order valence-electron chi connectivity index (χ3n) is 2.67. The molecule has 0 saturated heterocycles. The third kappa shape index (κ3) is 7.28. The monoisotopic (exact) mass is 334 g/mol. The molecule has 0 saturated carbocycles. The highest BCUT2D eigenvalue weighted by molar-refractivity contribution is 7.99. The maximum Gasteiger partial charge on any atom is 0.175 e.